The molecule has 1 aliphatic heterocycles. The highest BCUT2D eigenvalue weighted by Crippen LogP contribution is 2.40. The second-order valence-corrected chi connectivity index (χ2v) is 7.39. The van der Waals surface area contributed by atoms with E-state index < -0.39 is 18.0 Å². The summed E-state index contributed by atoms with van der Waals surface area (Å²) in [6.07, 6.45) is -4.83. The zero-order chi connectivity index (χ0) is 21.3. The molecule has 0 bridgehead atoms. The Morgan fingerprint density at radius 3 is 2.53 bits per heavy atom. The fourth-order valence-corrected chi connectivity index (χ4v) is 3.60. The number of carbonyl (C=O) groups excluding carboxylic acids is 1. The Labute approximate surface area is 174 Å². The van der Waals surface area contributed by atoms with Gasteiger partial charge >= 0.3 is 6.36 Å². The SMILES string of the molecule is CNSc1cccc(-c2ccc3c(c2)C(=O)Nc2cc(OC(F)(F)F)ccc2O3)c1. The number of hydrogen-bond donors (Lipinski definition) is 2. The molecule has 9 heteroatoms. The van der Waals surface area contributed by atoms with Gasteiger partial charge in [0.15, 0.2) is 5.75 Å². The van der Waals surface area contributed by atoms with Crippen molar-refractivity contribution >= 4 is 23.5 Å². The summed E-state index contributed by atoms with van der Waals surface area (Å²) in [7, 11) is 1.82. The van der Waals surface area contributed by atoms with Crippen LogP contribution in [-0.2, 0) is 0 Å². The van der Waals surface area contributed by atoms with Gasteiger partial charge < -0.3 is 14.8 Å². The van der Waals surface area contributed by atoms with Crippen LogP contribution in [0, 0.1) is 0 Å². The van der Waals surface area contributed by atoms with E-state index in [-0.39, 0.29) is 17.0 Å². The van der Waals surface area contributed by atoms with Crippen LogP contribution in [-0.4, -0.2) is 19.3 Å². The molecule has 0 aromatic heterocycles. The highest BCUT2D eigenvalue weighted by Gasteiger charge is 2.32. The van der Waals surface area contributed by atoms with E-state index in [1.54, 1.807) is 12.1 Å². The van der Waals surface area contributed by atoms with E-state index in [9.17, 15) is 18.0 Å². The van der Waals surface area contributed by atoms with Crippen LogP contribution in [0.4, 0.5) is 18.9 Å². The monoisotopic (exact) mass is 432 g/mol. The van der Waals surface area contributed by atoms with E-state index >= 15 is 0 Å². The fraction of sp³-hybridized carbons (Fsp3) is 0.0952. The number of alkyl halides is 3. The lowest BCUT2D eigenvalue weighted by atomic mass is 10.0. The molecule has 154 valence electrons. The number of rotatable bonds is 4. The summed E-state index contributed by atoms with van der Waals surface area (Å²) in [5.74, 6) is -0.414. The number of fused-ring (bicyclic) bond motifs is 2. The Morgan fingerprint density at radius 2 is 1.77 bits per heavy atom. The van der Waals surface area contributed by atoms with Gasteiger partial charge in [0.05, 0.1) is 11.3 Å². The Hall–Kier alpha value is -3.17. The van der Waals surface area contributed by atoms with Crippen molar-refractivity contribution in [2.75, 3.05) is 12.4 Å². The molecule has 0 unspecified atom stereocenters. The fourth-order valence-electron chi connectivity index (χ4n) is 3.03. The van der Waals surface area contributed by atoms with E-state index in [0.717, 1.165) is 28.2 Å². The van der Waals surface area contributed by atoms with Gasteiger partial charge in [0.1, 0.15) is 11.5 Å². The number of halogens is 3. The van der Waals surface area contributed by atoms with Gasteiger partial charge in [-0.25, -0.2) is 0 Å². The number of anilines is 1. The van der Waals surface area contributed by atoms with Crippen LogP contribution < -0.4 is 19.5 Å². The molecule has 0 saturated heterocycles. The molecule has 1 aliphatic rings. The number of benzene rings is 3. The van der Waals surface area contributed by atoms with Crippen molar-refractivity contribution < 1.29 is 27.4 Å². The first-order valence-electron chi connectivity index (χ1n) is 8.79. The van der Waals surface area contributed by atoms with Crippen molar-refractivity contribution in [3.8, 4) is 28.4 Å². The molecular formula is C21H15F3N2O3S. The number of carbonyl (C=O) groups is 1. The van der Waals surface area contributed by atoms with E-state index in [1.165, 1.54) is 18.0 Å². The van der Waals surface area contributed by atoms with Crippen LogP contribution in [0.25, 0.3) is 11.1 Å². The number of amides is 1. The van der Waals surface area contributed by atoms with Crippen LogP contribution >= 0.6 is 11.9 Å². The molecule has 0 radical (unpaired) electrons. The molecule has 0 fully saturated rings. The minimum Gasteiger partial charge on any atom is -0.454 e. The third-order valence-corrected chi connectivity index (χ3v) is 4.96. The Morgan fingerprint density at radius 1 is 1.00 bits per heavy atom. The second kappa shape index (κ2) is 7.92. The predicted molar refractivity (Wildman–Crippen MR) is 108 cm³/mol. The molecule has 0 atom stereocenters. The summed E-state index contributed by atoms with van der Waals surface area (Å²) in [5.41, 5.74) is 2.08. The summed E-state index contributed by atoms with van der Waals surface area (Å²) in [4.78, 5) is 13.8. The zero-order valence-electron chi connectivity index (χ0n) is 15.5. The van der Waals surface area contributed by atoms with Gasteiger partial charge in [-0.3, -0.25) is 9.52 Å². The Bertz CT molecular complexity index is 1120. The normalized spacial score (nSPS) is 12.9. The van der Waals surface area contributed by atoms with Crippen molar-refractivity contribution in [1.82, 2.24) is 4.72 Å². The van der Waals surface area contributed by atoms with Crippen molar-refractivity contribution in [1.29, 1.82) is 0 Å². The molecule has 30 heavy (non-hydrogen) atoms. The smallest absolute Gasteiger partial charge is 0.454 e. The van der Waals surface area contributed by atoms with E-state index in [0.29, 0.717) is 5.75 Å². The third kappa shape index (κ3) is 4.37. The minimum absolute atomic E-state index is 0.0897. The molecular weight excluding hydrogens is 417 g/mol. The first kappa shape index (κ1) is 20.1. The lowest BCUT2D eigenvalue weighted by Gasteiger charge is -2.12. The van der Waals surface area contributed by atoms with E-state index in [4.69, 9.17) is 4.74 Å². The summed E-state index contributed by atoms with van der Waals surface area (Å²) in [6, 6.07) is 16.5. The van der Waals surface area contributed by atoms with Crippen LogP contribution in [0.1, 0.15) is 10.4 Å². The topological polar surface area (TPSA) is 59.6 Å². The summed E-state index contributed by atoms with van der Waals surface area (Å²) in [5, 5.41) is 2.59. The van der Waals surface area contributed by atoms with E-state index in [1.807, 2.05) is 37.4 Å². The van der Waals surface area contributed by atoms with E-state index in [2.05, 4.69) is 14.8 Å². The number of ether oxygens (including phenoxy) is 2. The maximum atomic E-state index is 12.7. The lowest BCUT2D eigenvalue weighted by molar-refractivity contribution is -0.274. The summed E-state index contributed by atoms with van der Waals surface area (Å²) >= 11 is 1.47. The van der Waals surface area contributed by atoms with Crippen LogP contribution in [0.5, 0.6) is 17.2 Å². The largest absolute Gasteiger partial charge is 0.573 e. The van der Waals surface area contributed by atoms with Gasteiger partial charge in [-0.2, -0.15) is 0 Å². The minimum atomic E-state index is -4.83. The van der Waals surface area contributed by atoms with Crippen LogP contribution in [0.3, 0.4) is 0 Å². The van der Waals surface area contributed by atoms with Gasteiger partial charge in [-0.1, -0.05) is 18.2 Å². The van der Waals surface area contributed by atoms with Gasteiger partial charge in [0.2, 0.25) is 0 Å². The average molecular weight is 432 g/mol. The first-order valence-corrected chi connectivity index (χ1v) is 9.61. The maximum absolute atomic E-state index is 12.7. The molecule has 4 rings (SSSR count). The van der Waals surface area contributed by atoms with Crippen molar-refractivity contribution in [3.05, 3.63) is 66.2 Å². The summed E-state index contributed by atoms with van der Waals surface area (Å²) < 4.78 is 50.1. The zero-order valence-corrected chi connectivity index (χ0v) is 16.4. The summed E-state index contributed by atoms with van der Waals surface area (Å²) in [6.45, 7) is 0. The van der Waals surface area contributed by atoms with Crippen molar-refractivity contribution in [2.45, 2.75) is 11.3 Å². The molecule has 3 aromatic carbocycles. The van der Waals surface area contributed by atoms with Gasteiger partial charge in [-0.15, -0.1) is 13.2 Å². The highest BCUT2D eigenvalue weighted by atomic mass is 32.2. The molecule has 0 spiro atoms. The Balaban J connectivity index is 1.66. The predicted octanol–water partition coefficient (Wildman–Crippen LogP) is 5.84. The van der Waals surface area contributed by atoms with Gasteiger partial charge in [0.25, 0.3) is 5.91 Å². The second-order valence-electron chi connectivity index (χ2n) is 6.31. The number of hydrogen-bond acceptors (Lipinski definition) is 5. The van der Waals surface area contributed by atoms with Crippen molar-refractivity contribution in [3.63, 3.8) is 0 Å². The van der Waals surface area contributed by atoms with Crippen LogP contribution in [0.2, 0.25) is 0 Å². The highest BCUT2D eigenvalue weighted by molar-refractivity contribution is 7.97. The third-order valence-electron chi connectivity index (χ3n) is 4.26. The maximum Gasteiger partial charge on any atom is 0.573 e. The molecule has 1 amide bonds. The van der Waals surface area contributed by atoms with Gasteiger partial charge in [-0.05, 0) is 66.5 Å². The molecule has 2 N–H and O–H groups in total. The molecule has 3 aromatic rings. The molecule has 0 saturated carbocycles. The standard InChI is InChI=1S/C21H15F3N2O3S/c1-25-30-15-4-2-3-12(9-15)13-5-7-18-16(10-13)20(27)26-17-11-14(29-21(22,23)24)6-8-19(17)28-18/h2-11,25H,1H3,(H,26,27). The average Bonchev–Trinajstić information content (AvgIpc) is 2.82. The first-order chi connectivity index (χ1) is 14.3. The lowest BCUT2D eigenvalue weighted by Crippen LogP contribution is -2.17. The van der Waals surface area contributed by atoms with Crippen LogP contribution in [0.15, 0.2) is 65.6 Å². The quantitative estimate of drug-likeness (QED) is 0.508. The molecule has 1 heterocycles. The Kier molecular flexibility index (Phi) is 5.31. The molecule has 0 aliphatic carbocycles. The van der Waals surface area contributed by atoms with Crippen molar-refractivity contribution in [2.24, 2.45) is 0 Å². The van der Waals surface area contributed by atoms with Gasteiger partial charge in [0, 0.05) is 11.0 Å². The molecule has 5 nitrogen and oxygen atoms in total. The number of nitrogens with one attached hydrogen (secondary N) is 2.